The van der Waals surface area contributed by atoms with E-state index in [1.807, 2.05) is 6.07 Å². The Labute approximate surface area is 119 Å². The third-order valence-electron chi connectivity index (χ3n) is 4.02. The van der Waals surface area contributed by atoms with E-state index in [4.69, 9.17) is 10.5 Å². The lowest BCUT2D eigenvalue weighted by atomic mass is 9.94. The number of nitrogens with zero attached hydrogens (tertiary/aromatic N) is 1. The van der Waals surface area contributed by atoms with Crippen molar-refractivity contribution in [2.45, 2.75) is 31.9 Å². The van der Waals surface area contributed by atoms with Gasteiger partial charge in [0.15, 0.2) is 0 Å². The van der Waals surface area contributed by atoms with Gasteiger partial charge >= 0.3 is 5.97 Å². The molecule has 1 unspecified atom stereocenters. The molecule has 5 heteroatoms. The Bertz CT molecular complexity index is 504. The minimum Gasteiger partial charge on any atom is -0.478 e. The van der Waals surface area contributed by atoms with Crippen LogP contribution < -0.4 is 5.73 Å². The molecule has 1 aromatic rings. The summed E-state index contributed by atoms with van der Waals surface area (Å²) >= 11 is 0. The third kappa shape index (κ3) is 3.11. The van der Waals surface area contributed by atoms with Crippen LogP contribution >= 0.6 is 0 Å². The van der Waals surface area contributed by atoms with Crippen LogP contribution in [0.5, 0.6) is 0 Å². The number of anilines is 1. The number of hydrogen-bond acceptors (Lipinski definition) is 4. The highest BCUT2D eigenvalue weighted by molar-refractivity contribution is 5.95. The summed E-state index contributed by atoms with van der Waals surface area (Å²) in [5, 5.41) is 9.30. The van der Waals surface area contributed by atoms with E-state index in [-0.39, 0.29) is 11.2 Å². The zero-order chi connectivity index (χ0) is 14.8. The van der Waals surface area contributed by atoms with Crippen LogP contribution in [0, 0.1) is 0 Å². The number of carboxylic acid groups (broad SMARTS) is 1. The molecule has 0 bridgehead atoms. The van der Waals surface area contributed by atoms with Crippen molar-refractivity contribution in [1.29, 1.82) is 0 Å². The average Bonchev–Trinajstić information content (AvgIpc) is 2.38. The Hall–Kier alpha value is -1.59. The second kappa shape index (κ2) is 5.81. The summed E-state index contributed by atoms with van der Waals surface area (Å²) < 4.78 is 5.57. The summed E-state index contributed by atoms with van der Waals surface area (Å²) in [7, 11) is 1.73. The van der Waals surface area contributed by atoms with Crippen LogP contribution in [0.25, 0.3) is 0 Å². The molecule has 1 saturated heterocycles. The van der Waals surface area contributed by atoms with Gasteiger partial charge in [0, 0.05) is 25.9 Å². The molecule has 1 aromatic carbocycles. The summed E-state index contributed by atoms with van der Waals surface area (Å²) in [5.41, 5.74) is 6.93. The number of piperidine rings is 1. The number of methoxy groups -OCH3 is 1. The quantitative estimate of drug-likeness (QED) is 0.823. The van der Waals surface area contributed by atoms with E-state index in [0.717, 1.165) is 31.5 Å². The molecule has 20 heavy (non-hydrogen) atoms. The number of nitrogen functional groups attached to an aromatic ring is 1. The first-order chi connectivity index (χ1) is 9.45. The maximum atomic E-state index is 11.3. The fourth-order valence-electron chi connectivity index (χ4n) is 2.86. The number of ether oxygens (including phenoxy) is 1. The monoisotopic (exact) mass is 278 g/mol. The first kappa shape index (κ1) is 14.8. The molecule has 1 atom stereocenters. The topological polar surface area (TPSA) is 75.8 Å². The van der Waals surface area contributed by atoms with Crippen LogP contribution in [0.15, 0.2) is 18.2 Å². The van der Waals surface area contributed by atoms with E-state index in [2.05, 4.69) is 11.8 Å². The average molecular weight is 278 g/mol. The highest BCUT2D eigenvalue weighted by Gasteiger charge is 2.31. The fraction of sp³-hybridized carbons (Fsp3) is 0.533. The first-order valence-electron chi connectivity index (χ1n) is 6.83. The van der Waals surface area contributed by atoms with Crippen LogP contribution in [0.3, 0.4) is 0 Å². The molecule has 1 fully saturated rings. The molecule has 1 heterocycles. The third-order valence-corrected chi connectivity index (χ3v) is 4.02. The Morgan fingerprint density at radius 2 is 2.30 bits per heavy atom. The smallest absolute Gasteiger partial charge is 0.338 e. The van der Waals surface area contributed by atoms with E-state index in [1.54, 1.807) is 19.2 Å². The highest BCUT2D eigenvalue weighted by atomic mass is 16.5. The summed E-state index contributed by atoms with van der Waals surface area (Å²) in [4.78, 5) is 13.6. The molecule has 0 spiro atoms. The first-order valence-corrected chi connectivity index (χ1v) is 6.83. The molecule has 0 aliphatic carbocycles. The fourth-order valence-corrected chi connectivity index (χ4v) is 2.86. The van der Waals surface area contributed by atoms with Gasteiger partial charge in [-0.05, 0) is 37.9 Å². The van der Waals surface area contributed by atoms with Crippen molar-refractivity contribution in [3.05, 3.63) is 29.3 Å². The molecule has 1 aliphatic heterocycles. The molecule has 0 saturated carbocycles. The van der Waals surface area contributed by atoms with Crippen LogP contribution in [0.4, 0.5) is 5.69 Å². The number of aromatic carboxylic acids is 1. The van der Waals surface area contributed by atoms with E-state index in [0.29, 0.717) is 12.2 Å². The molecular formula is C15H22N2O3. The van der Waals surface area contributed by atoms with Gasteiger partial charge in [0.25, 0.3) is 0 Å². The van der Waals surface area contributed by atoms with Gasteiger partial charge in [-0.3, -0.25) is 4.90 Å². The molecule has 0 amide bonds. The zero-order valence-corrected chi connectivity index (χ0v) is 12.1. The van der Waals surface area contributed by atoms with Crippen molar-refractivity contribution in [2.24, 2.45) is 0 Å². The lowest BCUT2D eigenvalue weighted by Crippen LogP contribution is -2.47. The Balaban J connectivity index is 2.18. The molecule has 110 valence electrons. The molecule has 2 rings (SSSR count). The molecule has 0 aromatic heterocycles. The lowest BCUT2D eigenvalue weighted by molar-refractivity contribution is -0.0527. The molecule has 3 N–H and O–H groups in total. The van der Waals surface area contributed by atoms with Crippen LogP contribution in [0.2, 0.25) is 0 Å². The standard InChI is InChI=1S/C15H22N2O3/c1-15(20-2)7-4-8-17(10-15)9-11-5-3-6-12(16)13(11)14(18)19/h3,5-6H,4,7-10,16H2,1-2H3,(H,18,19). The summed E-state index contributed by atoms with van der Waals surface area (Å²) in [6.07, 6.45) is 2.08. The van der Waals surface area contributed by atoms with Gasteiger partial charge in [-0.2, -0.15) is 0 Å². The van der Waals surface area contributed by atoms with Crippen molar-refractivity contribution in [2.75, 3.05) is 25.9 Å². The van der Waals surface area contributed by atoms with Crippen molar-refractivity contribution in [3.63, 3.8) is 0 Å². The van der Waals surface area contributed by atoms with Crippen LogP contribution in [0.1, 0.15) is 35.7 Å². The molecule has 0 radical (unpaired) electrons. The predicted molar refractivity (Wildman–Crippen MR) is 77.7 cm³/mol. The van der Waals surface area contributed by atoms with Crippen LogP contribution in [-0.2, 0) is 11.3 Å². The Morgan fingerprint density at radius 3 is 2.95 bits per heavy atom. The number of nitrogens with two attached hydrogens (primary N) is 1. The number of rotatable bonds is 4. The summed E-state index contributed by atoms with van der Waals surface area (Å²) in [6.45, 7) is 4.44. The summed E-state index contributed by atoms with van der Waals surface area (Å²) in [6, 6.07) is 5.26. The number of likely N-dealkylation sites (tertiary alicyclic amines) is 1. The van der Waals surface area contributed by atoms with Crippen molar-refractivity contribution in [1.82, 2.24) is 4.90 Å². The molecular weight excluding hydrogens is 256 g/mol. The zero-order valence-electron chi connectivity index (χ0n) is 12.1. The van der Waals surface area contributed by atoms with Gasteiger partial charge in [-0.15, -0.1) is 0 Å². The van der Waals surface area contributed by atoms with Crippen molar-refractivity contribution in [3.8, 4) is 0 Å². The number of carbonyl (C=O) groups is 1. The molecule has 1 aliphatic rings. The highest BCUT2D eigenvalue weighted by Crippen LogP contribution is 2.26. The maximum Gasteiger partial charge on any atom is 0.338 e. The maximum absolute atomic E-state index is 11.3. The second-order valence-corrected chi connectivity index (χ2v) is 5.65. The summed E-state index contributed by atoms with van der Waals surface area (Å²) in [5.74, 6) is -0.968. The minimum atomic E-state index is -0.968. The van der Waals surface area contributed by atoms with Gasteiger partial charge < -0.3 is 15.6 Å². The number of hydrogen-bond donors (Lipinski definition) is 2. The largest absolute Gasteiger partial charge is 0.478 e. The number of benzene rings is 1. The van der Waals surface area contributed by atoms with Gasteiger partial charge in [-0.1, -0.05) is 12.1 Å². The van der Waals surface area contributed by atoms with Gasteiger partial charge in [0.1, 0.15) is 0 Å². The van der Waals surface area contributed by atoms with Crippen LogP contribution in [-0.4, -0.2) is 41.8 Å². The number of carboxylic acids is 1. The van der Waals surface area contributed by atoms with E-state index < -0.39 is 5.97 Å². The molecule has 5 nitrogen and oxygen atoms in total. The van der Waals surface area contributed by atoms with E-state index in [9.17, 15) is 9.90 Å². The van der Waals surface area contributed by atoms with Gasteiger partial charge in [0.2, 0.25) is 0 Å². The Morgan fingerprint density at radius 1 is 1.55 bits per heavy atom. The normalized spacial score (nSPS) is 23.7. The van der Waals surface area contributed by atoms with E-state index >= 15 is 0 Å². The predicted octanol–water partition coefficient (Wildman–Crippen LogP) is 1.97. The SMILES string of the molecule is COC1(C)CCCN(Cc2cccc(N)c2C(=O)O)C1. The second-order valence-electron chi connectivity index (χ2n) is 5.65. The van der Waals surface area contributed by atoms with Crippen molar-refractivity contribution < 1.29 is 14.6 Å². The van der Waals surface area contributed by atoms with Gasteiger partial charge in [-0.25, -0.2) is 4.79 Å². The van der Waals surface area contributed by atoms with Crippen molar-refractivity contribution >= 4 is 11.7 Å². The van der Waals surface area contributed by atoms with Gasteiger partial charge in [0.05, 0.1) is 11.2 Å². The Kier molecular flexibility index (Phi) is 4.30. The minimum absolute atomic E-state index is 0.151. The lowest BCUT2D eigenvalue weighted by Gasteiger charge is -2.39. The van der Waals surface area contributed by atoms with E-state index in [1.165, 1.54) is 0 Å².